The molecule has 3 heterocycles. The normalized spacial score (nSPS) is 29.7. The fraction of sp³-hybridized carbons (Fsp3) is 0.812. The summed E-state index contributed by atoms with van der Waals surface area (Å²) in [4.78, 5) is 20.8. The summed E-state index contributed by atoms with van der Waals surface area (Å²) in [6, 6.07) is 0. The Morgan fingerprint density at radius 3 is 2.74 bits per heavy atom. The number of piperidine rings is 1. The number of rotatable bonds is 4. The summed E-state index contributed by atoms with van der Waals surface area (Å²) in [6.45, 7) is 8.86. The Bertz CT molecular complexity index is 497. The highest BCUT2D eigenvalue weighted by Crippen LogP contribution is 2.18. The van der Waals surface area contributed by atoms with Crippen LogP contribution in [0.5, 0.6) is 0 Å². The van der Waals surface area contributed by atoms with Crippen molar-refractivity contribution in [1.29, 1.82) is 0 Å². The zero-order chi connectivity index (χ0) is 16.2. The van der Waals surface area contributed by atoms with E-state index in [2.05, 4.69) is 15.0 Å². The molecule has 0 aliphatic carbocycles. The summed E-state index contributed by atoms with van der Waals surface area (Å²) in [5.41, 5.74) is 0. The molecule has 0 saturated carbocycles. The second kappa shape index (κ2) is 7.40. The number of carbonyl (C=O) groups excluding carboxylic acids is 1. The summed E-state index contributed by atoms with van der Waals surface area (Å²) in [5, 5.41) is 4.18. The maximum Gasteiger partial charge on any atom is 0.236 e. The standard InChI is InChI=1S/C16H27N5O2/c1-13-6-20(7-14(2)23-13)16(22)10-19-5-3-4-15(8-19)9-21-12-17-11-18-21/h11-15H,3-10H2,1-2H3. The molecule has 2 aliphatic rings. The molecule has 1 aromatic heterocycles. The number of aromatic nitrogens is 3. The molecule has 3 unspecified atom stereocenters. The van der Waals surface area contributed by atoms with Gasteiger partial charge in [0.25, 0.3) is 0 Å². The van der Waals surface area contributed by atoms with Gasteiger partial charge in [-0.15, -0.1) is 0 Å². The van der Waals surface area contributed by atoms with Crippen LogP contribution in [-0.4, -0.2) is 75.4 Å². The van der Waals surface area contributed by atoms with E-state index < -0.39 is 0 Å². The lowest BCUT2D eigenvalue weighted by molar-refractivity contribution is -0.144. The molecule has 0 N–H and O–H groups in total. The molecule has 3 rings (SSSR count). The van der Waals surface area contributed by atoms with Gasteiger partial charge in [0.15, 0.2) is 0 Å². The Morgan fingerprint density at radius 1 is 1.26 bits per heavy atom. The molecule has 3 atom stereocenters. The average Bonchev–Trinajstić information content (AvgIpc) is 2.99. The first kappa shape index (κ1) is 16.4. The van der Waals surface area contributed by atoms with Crippen molar-refractivity contribution in [2.45, 2.75) is 45.4 Å². The van der Waals surface area contributed by atoms with Crippen LogP contribution in [0, 0.1) is 5.92 Å². The van der Waals surface area contributed by atoms with E-state index in [0.29, 0.717) is 25.6 Å². The molecule has 23 heavy (non-hydrogen) atoms. The molecular formula is C16H27N5O2. The first-order chi connectivity index (χ1) is 11.1. The van der Waals surface area contributed by atoms with Gasteiger partial charge in [0, 0.05) is 26.2 Å². The maximum absolute atomic E-state index is 12.6. The minimum Gasteiger partial charge on any atom is -0.372 e. The van der Waals surface area contributed by atoms with Crippen molar-refractivity contribution in [1.82, 2.24) is 24.6 Å². The number of nitrogens with zero attached hydrogens (tertiary/aromatic N) is 5. The van der Waals surface area contributed by atoms with Gasteiger partial charge in [0.2, 0.25) is 5.91 Å². The average molecular weight is 321 g/mol. The molecule has 0 radical (unpaired) electrons. The van der Waals surface area contributed by atoms with Gasteiger partial charge >= 0.3 is 0 Å². The highest BCUT2D eigenvalue weighted by Gasteiger charge is 2.28. The molecule has 0 aromatic carbocycles. The third-order valence-corrected chi connectivity index (χ3v) is 4.65. The van der Waals surface area contributed by atoms with Gasteiger partial charge in [0.1, 0.15) is 12.7 Å². The topological polar surface area (TPSA) is 63.5 Å². The molecule has 7 heteroatoms. The molecule has 128 valence electrons. The largest absolute Gasteiger partial charge is 0.372 e. The number of amides is 1. The van der Waals surface area contributed by atoms with Crippen molar-refractivity contribution in [3.05, 3.63) is 12.7 Å². The van der Waals surface area contributed by atoms with Gasteiger partial charge < -0.3 is 9.64 Å². The van der Waals surface area contributed by atoms with Crippen LogP contribution in [0.15, 0.2) is 12.7 Å². The summed E-state index contributed by atoms with van der Waals surface area (Å²) in [6.07, 6.45) is 5.93. The number of carbonyl (C=O) groups is 1. The summed E-state index contributed by atoms with van der Waals surface area (Å²) < 4.78 is 7.60. The lowest BCUT2D eigenvalue weighted by Gasteiger charge is -2.38. The number of ether oxygens (including phenoxy) is 1. The van der Waals surface area contributed by atoms with Gasteiger partial charge in [0.05, 0.1) is 18.8 Å². The van der Waals surface area contributed by atoms with E-state index in [1.807, 2.05) is 23.4 Å². The van der Waals surface area contributed by atoms with E-state index in [0.717, 1.165) is 26.1 Å². The zero-order valence-electron chi connectivity index (χ0n) is 14.1. The molecule has 7 nitrogen and oxygen atoms in total. The van der Waals surface area contributed by atoms with Crippen LogP contribution in [0.3, 0.4) is 0 Å². The number of hydrogen-bond acceptors (Lipinski definition) is 5. The van der Waals surface area contributed by atoms with Crippen molar-refractivity contribution in [3.63, 3.8) is 0 Å². The van der Waals surface area contributed by atoms with Gasteiger partial charge in [-0.1, -0.05) is 0 Å². The summed E-state index contributed by atoms with van der Waals surface area (Å²) in [5.74, 6) is 0.772. The van der Waals surface area contributed by atoms with E-state index in [-0.39, 0.29) is 18.1 Å². The molecule has 1 aromatic rings. The lowest BCUT2D eigenvalue weighted by Crippen LogP contribution is -2.52. The molecule has 2 saturated heterocycles. The zero-order valence-corrected chi connectivity index (χ0v) is 14.1. The quantitative estimate of drug-likeness (QED) is 0.814. The Balaban J connectivity index is 1.49. The first-order valence-corrected chi connectivity index (χ1v) is 8.58. The Morgan fingerprint density at radius 2 is 2.04 bits per heavy atom. The number of hydrogen-bond donors (Lipinski definition) is 0. The predicted molar refractivity (Wildman–Crippen MR) is 85.8 cm³/mol. The van der Waals surface area contributed by atoms with Crippen molar-refractivity contribution in [2.75, 3.05) is 32.7 Å². The molecule has 2 fully saturated rings. The van der Waals surface area contributed by atoms with E-state index in [4.69, 9.17) is 4.74 Å². The smallest absolute Gasteiger partial charge is 0.236 e. The maximum atomic E-state index is 12.6. The minimum atomic E-state index is 0.129. The molecule has 0 bridgehead atoms. The van der Waals surface area contributed by atoms with Gasteiger partial charge in [-0.3, -0.25) is 14.4 Å². The third-order valence-electron chi connectivity index (χ3n) is 4.65. The molecule has 0 spiro atoms. The molecular weight excluding hydrogens is 294 g/mol. The molecule has 1 amide bonds. The van der Waals surface area contributed by atoms with Crippen LogP contribution >= 0.6 is 0 Å². The Hall–Kier alpha value is -1.47. The van der Waals surface area contributed by atoms with Crippen LogP contribution < -0.4 is 0 Å². The van der Waals surface area contributed by atoms with Crippen molar-refractivity contribution >= 4 is 5.91 Å². The Labute approximate surface area is 137 Å². The summed E-state index contributed by atoms with van der Waals surface area (Å²) >= 11 is 0. The lowest BCUT2D eigenvalue weighted by atomic mass is 9.98. The fourth-order valence-corrected chi connectivity index (χ4v) is 3.71. The van der Waals surface area contributed by atoms with Crippen molar-refractivity contribution < 1.29 is 9.53 Å². The van der Waals surface area contributed by atoms with E-state index in [9.17, 15) is 4.79 Å². The van der Waals surface area contributed by atoms with Crippen LogP contribution in [0.1, 0.15) is 26.7 Å². The number of morpholine rings is 1. The summed E-state index contributed by atoms with van der Waals surface area (Å²) in [7, 11) is 0. The predicted octanol–water partition coefficient (Wildman–Crippen LogP) is 0.626. The second-order valence-corrected chi connectivity index (χ2v) is 6.92. The van der Waals surface area contributed by atoms with Crippen LogP contribution in [0.25, 0.3) is 0 Å². The highest BCUT2D eigenvalue weighted by molar-refractivity contribution is 5.78. The van der Waals surface area contributed by atoms with Crippen LogP contribution in [0.2, 0.25) is 0 Å². The van der Waals surface area contributed by atoms with Crippen molar-refractivity contribution in [2.24, 2.45) is 5.92 Å². The van der Waals surface area contributed by atoms with E-state index >= 15 is 0 Å². The van der Waals surface area contributed by atoms with E-state index in [1.54, 1.807) is 12.7 Å². The molecule has 2 aliphatic heterocycles. The van der Waals surface area contributed by atoms with Gasteiger partial charge in [-0.2, -0.15) is 5.10 Å². The minimum absolute atomic E-state index is 0.129. The highest BCUT2D eigenvalue weighted by atomic mass is 16.5. The second-order valence-electron chi connectivity index (χ2n) is 6.92. The first-order valence-electron chi connectivity index (χ1n) is 8.58. The van der Waals surface area contributed by atoms with Crippen molar-refractivity contribution in [3.8, 4) is 0 Å². The third kappa shape index (κ3) is 4.51. The Kier molecular flexibility index (Phi) is 5.27. The van der Waals surface area contributed by atoms with Crippen LogP contribution in [0.4, 0.5) is 0 Å². The van der Waals surface area contributed by atoms with Gasteiger partial charge in [-0.25, -0.2) is 4.98 Å². The monoisotopic (exact) mass is 321 g/mol. The number of likely N-dealkylation sites (tertiary alicyclic amines) is 1. The van der Waals surface area contributed by atoms with Crippen LogP contribution in [-0.2, 0) is 16.1 Å². The van der Waals surface area contributed by atoms with Gasteiger partial charge in [-0.05, 0) is 39.2 Å². The fourth-order valence-electron chi connectivity index (χ4n) is 3.71. The van der Waals surface area contributed by atoms with E-state index in [1.165, 1.54) is 6.42 Å². The SMILES string of the molecule is CC1CN(C(=O)CN2CCCC(Cn3cncn3)C2)CC(C)O1.